The monoisotopic (exact) mass is 477 g/mol. The number of thiophene rings is 1. The van der Waals surface area contributed by atoms with E-state index in [-0.39, 0.29) is 37.3 Å². The third-order valence-corrected chi connectivity index (χ3v) is 6.65. The van der Waals surface area contributed by atoms with Crippen molar-refractivity contribution in [3.05, 3.63) is 43.5 Å². The molecule has 2 aromatic rings. The van der Waals surface area contributed by atoms with Crippen molar-refractivity contribution >= 4 is 63.8 Å². The fourth-order valence-electron chi connectivity index (χ4n) is 2.00. The second kappa shape index (κ2) is 10.7. The molecule has 0 radical (unpaired) electrons. The molecule has 0 aliphatic rings. The van der Waals surface area contributed by atoms with Crippen LogP contribution in [0.3, 0.4) is 0 Å². The van der Waals surface area contributed by atoms with Gasteiger partial charge in [-0.1, -0.05) is 35.0 Å². The second-order valence-corrected chi connectivity index (χ2v) is 9.06. The molecule has 0 saturated carbocycles. The summed E-state index contributed by atoms with van der Waals surface area (Å²) in [4.78, 5) is 41.1. The molecule has 2 heterocycles. The number of amides is 2. The van der Waals surface area contributed by atoms with Crippen LogP contribution in [0.15, 0.2) is 27.6 Å². The van der Waals surface area contributed by atoms with Gasteiger partial charge >= 0.3 is 0 Å². The lowest BCUT2D eigenvalue weighted by atomic mass is 10.4. The number of likely N-dealkylation sites (N-methyl/N-ethyl adjacent to an activating group) is 1. The van der Waals surface area contributed by atoms with E-state index in [1.807, 2.05) is 19.0 Å². The number of hydrogen-bond donors (Lipinski definition) is 2. The number of aromatic nitrogens is 1. The Morgan fingerprint density at radius 3 is 2.52 bits per heavy atom. The maximum absolute atomic E-state index is 12.3. The van der Waals surface area contributed by atoms with Crippen LogP contribution in [0.1, 0.15) is 9.67 Å². The van der Waals surface area contributed by atoms with Crippen molar-refractivity contribution in [1.82, 2.24) is 20.5 Å². The van der Waals surface area contributed by atoms with Gasteiger partial charge in [0.1, 0.15) is 9.09 Å². The van der Waals surface area contributed by atoms with Crippen LogP contribution >= 0.6 is 46.3 Å². The normalized spacial score (nSPS) is 10.8. The van der Waals surface area contributed by atoms with E-state index in [0.717, 1.165) is 29.2 Å². The van der Waals surface area contributed by atoms with Crippen LogP contribution in [0.25, 0.3) is 0 Å². The summed E-state index contributed by atoms with van der Waals surface area (Å²) in [6, 6.07) is 1.16. The SMILES string of the molecule is CN(C)CCNC(=O)CNC(=O)c1cc([N+](=O)[O-])c(Sc2c(Cl)cncc2Cl)s1. The van der Waals surface area contributed by atoms with Crippen LogP contribution in [-0.4, -0.2) is 60.4 Å². The molecule has 13 heteroatoms. The highest BCUT2D eigenvalue weighted by Crippen LogP contribution is 2.45. The summed E-state index contributed by atoms with van der Waals surface area (Å²) in [7, 11) is 3.75. The van der Waals surface area contributed by atoms with Gasteiger partial charge in [0.15, 0.2) is 0 Å². The summed E-state index contributed by atoms with van der Waals surface area (Å²) in [5.41, 5.74) is -0.246. The smallest absolute Gasteiger partial charge is 0.294 e. The molecule has 0 bridgehead atoms. The molecule has 0 aliphatic heterocycles. The molecule has 29 heavy (non-hydrogen) atoms. The minimum absolute atomic E-state index is 0.0987. The predicted octanol–water partition coefficient (Wildman–Crippen LogP) is 2.92. The van der Waals surface area contributed by atoms with Gasteiger partial charge in [0, 0.05) is 31.5 Å². The number of carbonyl (C=O) groups is 2. The average Bonchev–Trinajstić information content (AvgIpc) is 3.07. The number of hydrogen-bond acceptors (Lipinski definition) is 8. The van der Waals surface area contributed by atoms with Gasteiger partial charge in [0.2, 0.25) is 5.91 Å². The molecule has 2 aromatic heterocycles. The molecule has 156 valence electrons. The van der Waals surface area contributed by atoms with Crippen molar-refractivity contribution in [3.63, 3.8) is 0 Å². The first-order chi connectivity index (χ1) is 13.7. The van der Waals surface area contributed by atoms with E-state index < -0.39 is 10.8 Å². The van der Waals surface area contributed by atoms with Crippen LogP contribution in [-0.2, 0) is 4.79 Å². The maximum Gasteiger partial charge on any atom is 0.294 e. The van der Waals surface area contributed by atoms with Crippen LogP contribution in [0.5, 0.6) is 0 Å². The summed E-state index contributed by atoms with van der Waals surface area (Å²) in [5.74, 6) is -0.934. The second-order valence-electron chi connectivity index (χ2n) is 5.91. The number of nitrogens with zero attached hydrogens (tertiary/aromatic N) is 3. The summed E-state index contributed by atoms with van der Waals surface area (Å²) in [6.45, 7) is 0.875. The van der Waals surface area contributed by atoms with Crippen LogP contribution < -0.4 is 10.6 Å². The minimum Gasteiger partial charge on any atom is -0.353 e. The number of rotatable bonds is 9. The third kappa shape index (κ3) is 6.82. The molecular weight excluding hydrogens is 461 g/mol. The van der Waals surface area contributed by atoms with E-state index in [0.29, 0.717) is 18.0 Å². The van der Waals surface area contributed by atoms with E-state index in [1.165, 1.54) is 12.4 Å². The van der Waals surface area contributed by atoms with Gasteiger partial charge in [0.25, 0.3) is 11.6 Å². The summed E-state index contributed by atoms with van der Waals surface area (Å²) >= 11 is 14.0. The molecule has 9 nitrogen and oxygen atoms in total. The lowest BCUT2D eigenvalue weighted by Crippen LogP contribution is -2.39. The molecule has 0 fully saturated rings. The molecule has 2 amide bonds. The Balaban J connectivity index is 2.08. The zero-order valence-corrected chi connectivity index (χ0v) is 18.5. The molecular formula is C16H17Cl2N5O4S2. The van der Waals surface area contributed by atoms with Crippen molar-refractivity contribution in [3.8, 4) is 0 Å². The number of nitro groups is 1. The van der Waals surface area contributed by atoms with Crippen molar-refractivity contribution in [2.24, 2.45) is 0 Å². The molecule has 2 rings (SSSR count). The fraction of sp³-hybridized carbons (Fsp3) is 0.312. The van der Waals surface area contributed by atoms with Gasteiger partial charge in [-0.05, 0) is 14.1 Å². The highest BCUT2D eigenvalue weighted by molar-refractivity contribution is 8.01. The standard InChI is InChI=1S/C16H17Cl2N5O4S2/c1-22(2)4-3-20-13(24)8-21-15(25)12-5-11(23(26)27)16(28-12)29-14-9(17)6-19-7-10(14)18/h5-7H,3-4,8H2,1-2H3,(H,20,24)(H,21,25). The van der Waals surface area contributed by atoms with Crippen molar-refractivity contribution < 1.29 is 14.5 Å². The zero-order chi connectivity index (χ0) is 21.6. The third-order valence-electron chi connectivity index (χ3n) is 3.40. The van der Waals surface area contributed by atoms with Crippen LogP contribution in [0.4, 0.5) is 5.69 Å². The molecule has 0 spiro atoms. The lowest BCUT2D eigenvalue weighted by Gasteiger charge is -2.10. The topological polar surface area (TPSA) is 117 Å². The average molecular weight is 478 g/mol. The van der Waals surface area contributed by atoms with Crippen molar-refractivity contribution in [1.29, 1.82) is 0 Å². The van der Waals surface area contributed by atoms with E-state index in [1.54, 1.807) is 0 Å². The highest BCUT2D eigenvalue weighted by Gasteiger charge is 2.25. The highest BCUT2D eigenvalue weighted by atomic mass is 35.5. The molecule has 0 unspecified atom stereocenters. The quantitative estimate of drug-likeness (QED) is 0.420. The first-order valence-electron chi connectivity index (χ1n) is 8.13. The van der Waals surface area contributed by atoms with Gasteiger partial charge in [-0.2, -0.15) is 0 Å². The van der Waals surface area contributed by atoms with E-state index in [4.69, 9.17) is 23.2 Å². The Morgan fingerprint density at radius 2 is 1.93 bits per heavy atom. The number of pyridine rings is 1. The molecule has 0 aromatic carbocycles. The number of carbonyl (C=O) groups excluding carboxylic acids is 2. The predicted molar refractivity (Wildman–Crippen MR) is 113 cm³/mol. The van der Waals surface area contributed by atoms with Gasteiger partial charge in [-0.3, -0.25) is 24.7 Å². The van der Waals surface area contributed by atoms with Crippen LogP contribution in [0.2, 0.25) is 10.0 Å². The maximum atomic E-state index is 12.3. The van der Waals surface area contributed by atoms with Crippen molar-refractivity contribution in [2.75, 3.05) is 33.7 Å². The van der Waals surface area contributed by atoms with Crippen molar-refractivity contribution in [2.45, 2.75) is 9.10 Å². The first-order valence-corrected chi connectivity index (χ1v) is 10.5. The summed E-state index contributed by atoms with van der Waals surface area (Å²) in [6.07, 6.45) is 2.75. The molecule has 0 atom stereocenters. The zero-order valence-electron chi connectivity index (χ0n) is 15.4. The fourth-order valence-corrected chi connectivity index (χ4v) is 4.77. The number of nitrogens with one attached hydrogen (secondary N) is 2. The Bertz CT molecular complexity index is 902. The molecule has 0 saturated heterocycles. The summed E-state index contributed by atoms with van der Waals surface area (Å²) in [5, 5.41) is 17.0. The number of halogens is 2. The largest absolute Gasteiger partial charge is 0.353 e. The Kier molecular flexibility index (Phi) is 8.65. The van der Waals surface area contributed by atoms with Gasteiger partial charge in [-0.15, -0.1) is 11.3 Å². The lowest BCUT2D eigenvalue weighted by molar-refractivity contribution is -0.387. The first kappa shape index (κ1) is 23.4. The molecule has 2 N–H and O–H groups in total. The van der Waals surface area contributed by atoms with Gasteiger partial charge in [0.05, 0.1) is 26.4 Å². The summed E-state index contributed by atoms with van der Waals surface area (Å²) < 4.78 is 0.241. The minimum atomic E-state index is -0.591. The Labute approximate surface area is 184 Å². The Morgan fingerprint density at radius 1 is 1.28 bits per heavy atom. The molecule has 0 aliphatic carbocycles. The van der Waals surface area contributed by atoms with E-state index in [2.05, 4.69) is 15.6 Å². The van der Waals surface area contributed by atoms with Gasteiger partial charge < -0.3 is 15.5 Å². The van der Waals surface area contributed by atoms with Gasteiger partial charge in [-0.25, -0.2) is 0 Å². The van der Waals surface area contributed by atoms with Crippen LogP contribution in [0, 0.1) is 10.1 Å². The van der Waals surface area contributed by atoms with E-state index >= 15 is 0 Å². The Hall–Kier alpha value is -1.92. The van der Waals surface area contributed by atoms with E-state index in [9.17, 15) is 19.7 Å².